The molecule has 0 bridgehead atoms. The molecule has 0 saturated carbocycles. The fourth-order valence-corrected chi connectivity index (χ4v) is 1.78. The van der Waals surface area contributed by atoms with Crippen LogP contribution in [-0.4, -0.2) is 24.7 Å². The molecular weight excluding hydrogens is 230 g/mol. The highest BCUT2D eigenvalue weighted by Gasteiger charge is 2.04. The molecule has 0 radical (unpaired) electrons. The van der Waals surface area contributed by atoms with Crippen LogP contribution in [0, 0.1) is 0 Å². The van der Waals surface area contributed by atoms with Crippen LogP contribution in [-0.2, 0) is 17.8 Å². The van der Waals surface area contributed by atoms with Crippen LogP contribution in [0.4, 0.5) is 0 Å². The highest BCUT2D eigenvalue weighted by Crippen LogP contribution is 2.20. The molecule has 0 aliphatic rings. The number of benzene rings is 1. The first kappa shape index (κ1) is 14.5. The van der Waals surface area contributed by atoms with E-state index in [1.807, 2.05) is 6.07 Å². The van der Waals surface area contributed by atoms with Gasteiger partial charge in [-0.15, -0.1) is 0 Å². The topological polar surface area (TPSA) is 58.6 Å². The van der Waals surface area contributed by atoms with Crippen molar-refractivity contribution in [3.8, 4) is 5.75 Å². The van der Waals surface area contributed by atoms with E-state index < -0.39 is 5.97 Å². The predicted octanol–water partition coefficient (Wildman–Crippen LogP) is 2.21. The van der Waals surface area contributed by atoms with Crippen LogP contribution in [0.1, 0.15) is 30.9 Å². The van der Waals surface area contributed by atoms with E-state index in [1.54, 1.807) is 7.11 Å². The Morgan fingerprint density at radius 3 is 2.83 bits per heavy atom. The Kier molecular flexibility index (Phi) is 6.22. The molecule has 100 valence electrons. The van der Waals surface area contributed by atoms with E-state index >= 15 is 0 Å². The molecule has 18 heavy (non-hydrogen) atoms. The monoisotopic (exact) mass is 251 g/mol. The Morgan fingerprint density at radius 2 is 2.22 bits per heavy atom. The first-order chi connectivity index (χ1) is 8.67. The molecule has 0 heterocycles. The van der Waals surface area contributed by atoms with Gasteiger partial charge in [0, 0.05) is 18.5 Å². The summed E-state index contributed by atoms with van der Waals surface area (Å²) in [5.41, 5.74) is 2.39. The van der Waals surface area contributed by atoms with Crippen molar-refractivity contribution in [2.75, 3.05) is 13.7 Å². The van der Waals surface area contributed by atoms with Crippen molar-refractivity contribution in [1.29, 1.82) is 0 Å². The summed E-state index contributed by atoms with van der Waals surface area (Å²) in [7, 11) is 1.66. The van der Waals surface area contributed by atoms with Crippen molar-refractivity contribution in [1.82, 2.24) is 5.32 Å². The van der Waals surface area contributed by atoms with Crippen LogP contribution in [0.3, 0.4) is 0 Å². The zero-order valence-corrected chi connectivity index (χ0v) is 11.0. The number of hydrogen-bond acceptors (Lipinski definition) is 3. The van der Waals surface area contributed by atoms with E-state index in [0.29, 0.717) is 19.5 Å². The van der Waals surface area contributed by atoms with Crippen LogP contribution < -0.4 is 10.1 Å². The van der Waals surface area contributed by atoms with E-state index in [2.05, 4.69) is 24.4 Å². The number of ether oxygens (including phenoxy) is 1. The highest BCUT2D eigenvalue weighted by atomic mass is 16.5. The van der Waals surface area contributed by atoms with Gasteiger partial charge in [0.25, 0.3) is 0 Å². The van der Waals surface area contributed by atoms with Crippen molar-refractivity contribution in [2.24, 2.45) is 0 Å². The minimum Gasteiger partial charge on any atom is -0.496 e. The molecule has 4 nitrogen and oxygen atoms in total. The Bertz CT molecular complexity index is 391. The van der Waals surface area contributed by atoms with Gasteiger partial charge in [0.2, 0.25) is 0 Å². The summed E-state index contributed by atoms with van der Waals surface area (Å²) in [5.74, 6) is 0.125. The maximum Gasteiger partial charge on any atom is 0.303 e. The standard InChI is InChI=1S/C14H21NO3/c1-3-11-6-7-13(18-2)12(9-11)10-15-8-4-5-14(16)17/h6-7,9,15H,3-5,8,10H2,1-2H3,(H,16,17). The summed E-state index contributed by atoms with van der Waals surface area (Å²) < 4.78 is 5.31. The highest BCUT2D eigenvalue weighted by molar-refractivity contribution is 5.66. The van der Waals surface area contributed by atoms with Gasteiger partial charge in [-0.2, -0.15) is 0 Å². The van der Waals surface area contributed by atoms with Crippen LogP contribution in [0.2, 0.25) is 0 Å². The van der Waals surface area contributed by atoms with Crippen molar-refractivity contribution in [3.63, 3.8) is 0 Å². The van der Waals surface area contributed by atoms with Crippen LogP contribution in [0.15, 0.2) is 18.2 Å². The Labute approximate surface area is 108 Å². The number of carboxylic acids is 1. The van der Waals surface area contributed by atoms with Gasteiger partial charge < -0.3 is 15.2 Å². The van der Waals surface area contributed by atoms with Gasteiger partial charge in [0.05, 0.1) is 7.11 Å². The van der Waals surface area contributed by atoms with Gasteiger partial charge in [0.1, 0.15) is 5.75 Å². The van der Waals surface area contributed by atoms with E-state index in [1.165, 1.54) is 5.56 Å². The van der Waals surface area contributed by atoms with Gasteiger partial charge in [-0.25, -0.2) is 0 Å². The Morgan fingerprint density at radius 1 is 1.44 bits per heavy atom. The third-order valence-electron chi connectivity index (χ3n) is 2.81. The molecule has 4 heteroatoms. The molecule has 0 atom stereocenters. The molecule has 1 aromatic rings. The number of aryl methyl sites for hydroxylation is 1. The zero-order valence-electron chi connectivity index (χ0n) is 11.0. The molecule has 0 unspecified atom stereocenters. The molecular formula is C14H21NO3. The Balaban J connectivity index is 2.47. The summed E-state index contributed by atoms with van der Waals surface area (Å²) in [6.45, 7) is 3.52. The van der Waals surface area contributed by atoms with Crippen molar-refractivity contribution >= 4 is 5.97 Å². The van der Waals surface area contributed by atoms with Crippen molar-refractivity contribution in [2.45, 2.75) is 32.7 Å². The summed E-state index contributed by atoms with van der Waals surface area (Å²) >= 11 is 0. The third-order valence-corrected chi connectivity index (χ3v) is 2.81. The minimum absolute atomic E-state index is 0.207. The second-order valence-corrected chi connectivity index (χ2v) is 4.17. The van der Waals surface area contributed by atoms with Gasteiger partial charge >= 0.3 is 5.97 Å². The van der Waals surface area contributed by atoms with Gasteiger partial charge in [-0.05, 0) is 31.0 Å². The fraction of sp³-hybridized carbons (Fsp3) is 0.500. The molecule has 0 aliphatic carbocycles. The molecule has 2 N–H and O–H groups in total. The van der Waals surface area contributed by atoms with E-state index in [-0.39, 0.29) is 6.42 Å². The zero-order chi connectivity index (χ0) is 13.4. The summed E-state index contributed by atoms with van der Waals surface area (Å²) in [6, 6.07) is 6.17. The maximum absolute atomic E-state index is 10.4. The number of nitrogens with one attached hydrogen (secondary N) is 1. The number of aliphatic carboxylic acids is 1. The normalized spacial score (nSPS) is 10.3. The average Bonchev–Trinajstić information content (AvgIpc) is 2.37. The molecule has 0 aliphatic heterocycles. The third kappa shape index (κ3) is 4.75. The molecule has 1 rings (SSSR count). The largest absolute Gasteiger partial charge is 0.496 e. The number of carbonyl (C=O) groups is 1. The van der Waals surface area contributed by atoms with Crippen LogP contribution >= 0.6 is 0 Å². The van der Waals surface area contributed by atoms with Gasteiger partial charge in [-0.1, -0.05) is 19.1 Å². The molecule has 0 aromatic heterocycles. The fourth-order valence-electron chi connectivity index (χ4n) is 1.78. The molecule has 0 saturated heterocycles. The molecule has 0 spiro atoms. The maximum atomic E-state index is 10.4. The molecule has 0 amide bonds. The predicted molar refractivity (Wildman–Crippen MR) is 70.9 cm³/mol. The second kappa shape index (κ2) is 7.71. The number of hydrogen-bond donors (Lipinski definition) is 2. The lowest BCUT2D eigenvalue weighted by Crippen LogP contribution is -2.16. The number of carboxylic acid groups (broad SMARTS) is 1. The van der Waals surface area contributed by atoms with Crippen LogP contribution in [0.25, 0.3) is 0 Å². The first-order valence-electron chi connectivity index (χ1n) is 6.25. The van der Waals surface area contributed by atoms with E-state index in [9.17, 15) is 4.79 Å². The smallest absolute Gasteiger partial charge is 0.303 e. The minimum atomic E-state index is -0.748. The lowest BCUT2D eigenvalue weighted by atomic mass is 10.1. The second-order valence-electron chi connectivity index (χ2n) is 4.17. The quantitative estimate of drug-likeness (QED) is 0.695. The van der Waals surface area contributed by atoms with Crippen molar-refractivity contribution in [3.05, 3.63) is 29.3 Å². The average molecular weight is 251 g/mol. The summed E-state index contributed by atoms with van der Waals surface area (Å²) in [5, 5.41) is 11.8. The number of rotatable bonds is 8. The SMILES string of the molecule is CCc1ccc(OC)c(CNCCCC(=O)O)c1. The molecule has 0 fully saturated rings. The lowest BCUT2D eigenvalue weighted by molar-refractivity contribution is -0.137. The van der Waals surface area contributed by atoms with Crippen molar-refractivity contribution < 1.29 is 14.6 Å². The summed E-state index contributed by atoms with van der Waals surface area (Å²) in [6.07, 6.45) is 1.85. The van der Waals surface area contributed by atoms with Gasteiger partial charge in [-0.3, -0.25) is 4.79 Å². The van der Waals surface area contributed by atoms with E-state index in [4.69, 9.17) is 9.84 Å². The Hall–Kier alpha value is -1.55. The molecule has 1 aromatic carbocycles. The number of methoxy groups -OCH3 is 1. The first-order valence-corrected chi connectivity index (χ1v) is 6.25. The van der Waals surface area contributed by atoms with E-state index in [0.717, 1.165) is 17.7 Å². The van der Waals surface area contributed by atoms with Gasteiger partial charge in [0.15, 0.2) is 0 Å². The van der Waals surface area contributed by atoms with Crippen LogP contribution in [0.5, 0.6) is 5.75 Å². The summed E-state index contributed by atoms with van der Waals surface area (Å²) in [4.78, 5) is 10.4. The lowest BCUT2D eigenvalue weighted by Gasteiger charge is -2.11.